The van der Waals surface area contributed by atoms with Crippen LogP contribution in [0.3, 0.4) is 0 Å². The maximum absolute atomic E-state index is 13.8. The summed E-state index contributed by atoms with van der Waals surface area (Å²) in [4.78, 5) is 26.1. The van der Waals surface area contributed by atoms with Crippen LogP contribution < -0.4 is 10.3 Å². The number of aromatic carboxylic acids is 1. The molecule has 7 heteroatoms. The van der Waals surface area contributed by atoms with Crippen molar-refractivity contribution in [3.8, 4) is 5.69 Å². The molecule has 2 heterocycles. The SMILES string of the molecule is O=C(O)c1cn(-c2ccc(N3CCOCC3)cc2)c2cc(F)ccc2c1=O. The van der Waals surface area contributed by atoms with Crippen molar-refractivity contribution in [3.05, 3.63) is 70.3 Å². The number of morpholine rings is 1. The minimum Gasteiger partial charge on any atom is -0.477 e. The summed E-state index contributed by atoms with van der Waals surface area (Å²) >= 11 is 0. The number of hydrogen-bond acceptors (Lipinski definition) is 4. The summed E-state index contributed by atoms with van der Waals surface area (Å²) in [6.07, 6.45) is 1.25. The van der Waals surface area contributed by atoms with Crippen molar-refractivity contribution >= 4 is 22.6 Å². The summed E-state index contributed by atoms with van der Waals surface area (Å²) in [6, 6.07) is 11.2. The number of pyridine rings is 1. The van der Waals surface area contributed by atoms with Crippen LogP contribution in [0.5, 0.6) is 0 Å². The summed E-state index contributed by atoms with van der Waals surface area (Å²) in [5, 5.41) is 9.52. The predicted octanol–water partition coefficient (Wildman–Crippen LogP) is 2.66. The van der Waals surface area contributed by atoms with Crippen LogP contribution >= 0.6 is 0 Å². The Kier molecular flexibility index (Phi) is 4.37. The van der Waals surface area contributed by atoms with Gasteiger partial charge in [-0.15, -0.1) is 0 Å². The highest BCUT2D eigenvalue weighted by atomic mass is 19.1. The monoisotopic (exact) mass is 368 g/mol. The number of benzene rings is 2. The van der Waals surface area contributed by atoms with Gasteiger partial charge in [-0.1, -0.05) is 0 Å². The van der Waals surface area contributed by atoms with Gasteiger partial charge in [0.25, 0.3) is 0 Å². The number of anilines is 1. The Bertz CT molecular complexity index is 1070. The summed E-state index contributed by atoms with van der Waals surface area (Å²) < 4.78 is 20.7. The second-order valence-corrected chi connectivity index (χ2v) is 6.32. The van der Waals surface area contributed by atoms with E-state index in [0.29, 0.717) is 24.4 Å². The van der Waals surface area contributed by atoms with E-state index in [0.717, 1.165) is 24.8 Å². The van der Waals surface area contributed by atoms with Crippen LogP contribution in [0.2, 0.25) is 0 Å². The average Bonchev–Trinajstić information content (AvgIpc) is 2.69. The first-order chi connectivity index (χ1) is 13.0. The molecule has 4 rings (SSSR count). The van der Waals surface area contributed by atoms with Crippen LogP contribution in [-0.4, -0.2) is 41.9 Å². The van der Waals surface area contributed by atoms with Crippen LogP contribution in [0, 0.1) is 5.82 Å². The standard InChI is InChI=1S/C20H17FN2O4/c21-13-1-6-16-18(11-13)23(12-17(19(16)24)20(25)26)15-4-2-14(3-5-15)22-7-9-27-10-8-22/h1-6,11-12H,7-10H2,(H,25,26). The zero-order valence-corrected chi connectivity index (χ0v) is 14.4. The summed E-state index contributed by atoms with van der Waals surface area (Å²) in [5.41, 5.74) is 1.01. The third-order valence-electron chi connectivity index (χ3n) is 4.70. The number of carbonyl (C=O) groups is 1. The Morgan fingerprint density at radius 3 is 2.37 bits per heavy atom. The first kappa shape index (κ1) is 17.2. The Morgan fingerprint density at radius 1 is 1.04 bits per heavy atom. The second-order valence-electron chi connectivity index (χ2n) is 6.32. The molecule has 1 fully saturated rings. The van der Waals surface area contributed by atoms with E-state index < -0.39 is 17.2 Å². The highest BCUT2D eigenvalue weighted by Gasteiger charge is 2.16. The molecule has 1 saturated heterocycles. The Hall–Kier alpha value is -3.19. The van der Waals surface area contributed by atoms with Gasteiger partial charge in [-0.05, 0) is 42.5 Å². The van der Waals surface area contributed by atoms with Crippen LogP contribution in [0.15, 0.2) is 53.5 Å². The van der Waals surface area contributed by atoms with E-state index in [4.69, 9.17) is 4.74 Å². The van der Waals surface area contributed by atoms with Crippen molar-refractivity contribution in [1.29, 1.82) is 0 Å². The topological polar surface area (TPSA) is 71.8 Å². The second kappa shape index (κ2) is 6.85. The minimum atomic E-state index is -1.31. The number of rotatable bonds is 3. The van der Waals surface area contributed by atoms with E-state index in [1.165, 1.54) is 22.9 Å². The fourth-order valence-electron chi connectivity index (χ4n) is 3.31. The Balaban J connectivity index is 1.85. The molecule has 1 aliphatic heterocycles. The first-order valence-electron chi connectivity index (χ1n) is 8.56. The quantitative estimate of drug-likeness (QED) is 0.770. The van der Waals surface area contributed by atoms with Gasteiger partial charge in [-0.3, -0.25) is 4.79 Å². The zero-order valence-electron chi connectivity index (χ0n) is 14.4. The smallest absolute Gasteiger partial charge is 0.341 e. The Labute approximate surface area is 154 Å². The number of hydrogen-bond donors (Lipinski definition) is 1. The highest BCUT2D eigenvalue weighted by Crippen LogP contribution is 2.22. The van der Waals surface area contributed by atoms with Gasteiger partial charge in [-0.25, -0.2) is 9.18 Å². The summed E-state index contributed by atoms with van der Waals surface area (Å²) in [5.74, 6) is -1.81. The maximum atomic E-state index is 13.8. The van der Waals surface area contributed by atoms with Gasteiger partial charge in [0.05, 0.1) is 18.7 Å². The molecular weight excluding hydrogens is 351 g/mol. The fourth-order valence-corrected chi connectivity index (χ4v) is 3.31. The van der Waals surface area contributed by atoms with Crippen LogP contribution in [-0.2, 0) is 4.74 Å². The number of fused-ring (bicyclic) bond motifs is 1. The first-order valence-corrected chi connectivity index (χ1v) is 8.56. The molecule has 0 bridgehead atoms. The third kappa shape index (κ3) is 3.17. The molecule has 0 spiro atoms. The molecule has 1 aromatic heterocycles. The number of carboxylic acids is 1. The Morgan fingerprint density at radius 2 is 1.70 bits per heavy atom. The van der Waals surface area contributed by atoms with Crippen molar-refractivity contribution in [3.63, 3.8) is 0 Å². The van der Waals surface area contributed by atoms with E-state index in [9.17, 15) is 19.1 Å². The number of nitrogens with zero attached hydrogens (tertiary/aromatic N) is 2. The number of carboxylic acid groups (broad SMARTS) is 1. The number of ether oxygens (including phenoxy) is 1. The van der Waals surface area contributed by atoms with E-state index in [2.05, 4.69) is 4.90 Å². The van der Waals surface area contributed by atoms with Crippen molar-refractivity contribution < 1.29 is 19.0 Å². The van der Waals surface area contributed by atoms with Gasteiger partial charge in [0, 0.05) is 36.0 Å². The van der Waals surface area contributed by atoms with E-state index >= 15 is 0 Å². The largest absolute Gasteiger partial charge is 0.477 e. The molecule has 3 aromatic rings. The molecule has 6 nitrogen and oxygen atoms in total. The predicted molar refractivity (Wildman–Crippen MR) is 99.5 cm³/mol. The van der Waals surface area contributed by atoms with Gasteiger partial charge in [0.1, 0.15) is 11.4 Å². The number of halogens is 1. The van der Waals surface area contributed by atoms with E-state index in [1.54, 1.807) is 0 Å². The molecular formula is C20H17FN2O4. The molecule has 138 valence electrons. The van der Waals surface area contributed by atoms with E-state index in [1.807, 2.05) is 24.3 Å². The lowest BCUT2D eigenvalue weighted by molar-refractivity contribution is 0.0695. The fraction of sp³-hybridized carbons (Fsp3) is 0.200. The summed E-state index contributed by atoms with van der Waals surface area (Å²) in [7, 11) is 0. The molecule has 1 aliphatic rings. The highest BCUT2D eigenvalue weighted by molar-refractivity contribution is 5.93. The van der Waals surface area contributed by atoms with Gasteiger partial charge >= 0.3 is 5.97 Å². The lowest BCUT2D eigenvalue weighted by Gasteiger charge is -2.29. The molecule has 2 aromatic carbocycles. The molecule has 0 atom stereocenters. The minimum absolute atomic E-state index is 0.161. The lowest BCUT2D eigenvalue weighted by atomic mass is 10.1. The van der Waals surface area contributed by atoms with Crippen molar-refractivity contribution in [1.82, 2.24) is 4.57 Å². The summed E-state index contributed by atoms with van der Waals surface area (Å²) in [6.45, 7) is 2.95. The van der Waals surface area contributed by atoms with Crippen LogP contribution in [0.25, 0.3) is 16.6 Å². The van der Waals surface area contributed by atoms with Crippen molar-refractivity contribution in [2.24, 2.45) is 0 Å². The normalized spacial score (nSPS) is 14.5. The molecule has 0 saturated carbocycles. The van der Waals surface area contributed by atoms with Crippen molar-refractivity contribution in [2.75, 3.05) is 31.2 Å². The zero-order chi connectivity index (χ0) is 19.0. The average molecular weight is 368 g/mol. The molecule has 0 aliphatic carbocycles. The maximum Gasteiger partial charge on any atom is 0.341 e. The number of aromatic nitrogens is 1. The van der Waals surface area contributed by atoms with Crippen molar-refractivity contribution in [2.45, 2.75) is 0 Å². The van der Waals surface area contributed by atoms with E-state index in [-0.39, 0.29) is 10.9 Å². The van der Waals surface area contributed by atoms with Crippen LogP contribution in [0.4, 0.5) is 10.1 Å². The molecule has 0 radical (unpaired) electrons. The molecule has 1 N–H and O–H groups in total. The molecule has 0 unspecified atom stereocenters. The molecule has 0 amide bonds. The van der Waals surface area contributed by atoms with Gasteiger partial charge in [-0.2, -0.15) is 0 Å². The molecule has 27 heavy (non-hydrogen) atoms. The third-order valence-corrected chi connectivity index (χ3v) is 4.70. The van der Waals surface area contributed by atoms with Gasteiger partial charge < -0.3 is 19.3 Å². The lowest BCUT2D eigenvalue weighted by Crippen LogP contribution is -2.36. The van der Waals surface area contributed by atoms with Crippen LogP contribution in [0.1, 0.15) is 10.4 Å². The van der Waals surface area contributed by atoms with Gasteiger partial charge in [0.2, 0.25) is 5.43 Å². The van der Waals surface area contributed by atoms with Gasteiger partial charge in [0.15, 0.2) is 0 Å².